The molecule has 0 aliphatic heterocycles. The molecule has 0 spiro atoms. The summed E-state index contributed by atoms with van der Waals surface area (Å²) in [4.78, 5) is -1.15. The fraction of sp³-hybridized carbons (Fsp3) is 1.00. The minimum atomic E-state index is -3.24. The molecule has 68 valence electrons. The summed E-state index contributed by atoms with van der Waals surface area (Å²) in [7, 11) is -3.24. The molecule has 0 aliphatic carbocycles. The summed E-state index contributed by atoms with van der Waals surface area (Å²) in [5.74, 6) is 0. The first kappa shape index (κ1) is 10.9. The molecule has 11 heavy (non-hydrogen) atoms. The van der Waals surface area contributed by atoms with Crippen LogP contribution in [0.4, 0.5) is 0 Å². The summed E-state index contributed by atoms with van der Waals surface area (Å²) < 4.78 is 22.3. The van der Waals surface area contributed by atoms with Crippen LogP contribution < -0.4 is 5.73 Å². The standard InChI is InChI=1S/C7H17NO2S/c1-6(2,3)11(9,10)7(4,5)8/h8H2,1-5H3. The molecule has 0 rings (SSSR count). The number of sulfone groups is 1. The maximum absolute atomic E-state index is 11.5. The van der Waals surface area contributed by atoms with Gasteiger partial charge in [-0.15, -0.1) is 0 Å². The van der Waals surface area contributed by atoms with Gasteiger partial charge in [0.05, 0.1) is 4.75 Å². The summed E-state index contributed by atoms with van der Waals surface area (Å²) in [5, 5.41) is 0. The molecule has 0 saturated carbocycles. The van der Waals surface area contributed by atoms with Gasteiger partial charge in [-0.25, -0.2) is 8.42 Å². The van der Waals surface area contributed by atoms with E-state index in [9.17, 15) is 8.42 Å². The van der Waals surface area contributed by atoms with E-state index in [1.165, 1.54) is 13.8 Å². The van der Waals surface area contributed by atoms with Crippen molar-refractivity contribution in [3.63, 3.8) is 0 Å². The first-order valence-corrected chi connectivity index (χ1v) is 5.01. The van der Waals surface area contributed by atoms with Gasteiger partial charge in [0.25, 0.3) is 0 Å². The second kappa shape index (κ2) is 2.45. The molecule has 3 nitrogen and oxygen atoms in total. The van der Waals surface area contributed by atoms with Crippen molar-refractivity contribution < 1.29 is 8.42 Å². The van der Waals surface area contributed by atoms with Gasteiger partial charge in [0.1, 0.15) is 4.87 Å². The van der Waals surface area contributed by atoms with Gasteiger partial charge in [-0.1, -0.05) is 0 Å². The molecule has 0 aromatic carbocycles. The van der Waals surface area contributed by atoms with Gasteiger partial charge in [0.15, 0.2) is 9.84 Å². The van der Waals surface area contributed by atoms with Crippen molar-refractivity contribution in [3.8, 4) is 0 Å². The molecule has 0 unspecified atom stereocenters. The molecule has 0 aromatic heterocycles. The number of rotatable bonds is 1. The Labute approximate surface area is 68.9 Å². The van der Waals surface area contributed by atoms with Crippen LogP contribution in [0.25, 0.3) is 0 Å². The van der Waals surface area contributed by atoms with Gasteiger partial charge in [-0.05, 0) is 34.6 Å². The third-order valence-electron chi connectivity index (χ3n) is 1.50. The van der Waals surface area contributed by atoms with Crippen LogP contribution >= 0.6 is 0 Å². The van der Waals surface area contributed by atoms with Crippen molar-refractivity contribution in [3.05, 3.63) is 0 Å². The predicted octanol–water partition coefficient (Wildman–Crippen LogP) is 0.895. The summed E-state index contributed by atoms with van der Waals surface area (Å²) in [6, 6.07) is 0. The van der Waals surface area contributed by atoms with E-state index in [0.717, 1.165) is 0 Å². The Balaban J connectivity index is 5.11. The highest BCUT2D eigenvalue weighted by Crippen LogP contribution is 2.24. The van der Waals surface area contributed by atoms with Gasteiger partial charge >= 0.3 is 0 Å². The average Bonchev–Trinajstić information content (AvgIpc) is 1.58. The van der Waals surface area contributed by atoms with Crippen LogP contribution in [-0.4, -0.2) is 18.0 Å². The second-order valence-corrected chi connectivity index (χ2v) is 7.50. The van der Waals surface area contributed by atoms with E-state index in [4.69, 9.17) is 5.73 Å². The summed E-state index contributed by atoms with van der Waals surface area (Å²) in [6.07, 6.45) is 0. The van der Waals surface area contributed by atoms with E-state index in [-0.39, 0.29) is 0 Å². The maximum atomic E-state index is 11.5. The minimum absolute atomic E-state index is 0.773. The van der Waals surface area contributed by atoms with E-state index in [1.807, 2.05) is 0 Å². The Hall–Kier alpha value is -0.0900. The topological polar surface area (TPSA) is 60.2 Å². The van der Waals surface area contributed by atoms with Crippen molar-refractivity contribution in [2.45, 2.75) is 44.2 Å². The first-order valence-electron chi connectivity index (χ1n) is 3.53. The quantitative estimate of drug-likeness (QED) is 0.650. The van der Waals surface area contributed by atoms with Crippen LogP contribution in [0.2, 0.25) is 0 Å². The second-order valence-electron chi connectivity index (χ2n) is 4.22. The fourth-order valence-electron chi connectivity index (χ4n) is 0.789. The number of nitrogens with two attached hydrogens (primary N) is 1. The van der Waals surface area contributed by atoms with Crippen LogP contribution in [-0.2, 0) is 9.84 Å². The smallest absolute Gasteiger partial charge is 0.173 e. The lowest BCUT2D eigenvalue weighted by Gasteiger charge is -2.29. The van der Waals surface area contributed by atoms with Gasteiger partial charge in [0.2, 0.25) is 0 Å². The lowest BCUT2D eigenvalue weighted by atomic mass is 10.3. The van der Waals surface area contributed by atoms with E-state index in [1.54, 1.807) is 20.8 Å². The zero-order valence-electron chi connectivity index (χ0n) is 7.80. The zero-order chi connectivity index (χ0) is 9.50. The molecule has 0 saturated heterocycles. The Morgan fingerprint density at radius 1 is 1.00 bits per heavy atom. The monoisotopic (exact) mass is 179 g/mol. The van der Waals surface area contributed by atoms with E-state index in [0.29, 0.717) is 0 Å². The Morgan fingerprint density at radius 3 is 1.27 bits per heavy atom. The fourth-order valence-corrected chi connectivity index (χ4v) is 2.37. The van der Waals surface area contributed by atoms with E-state index in [2.05, 4.69) is 0 Å². The van der Waals surface area contributed by atoms with Crippen LogP contribution in [0.5, 0.6) is 0 Å². The molecular weight excluding hydrogens is 162 g/mol. The van der Waals surface area contributed by atoms with Crippen molar-refractivity contribution >= 4 is 9.84 Å². The third kappa shape index (κ3) is 1.93. The molecule has 2 N–H and O–H groups in total. The van der Waals surface area contributed by atoms with Crippen molar-refractivity contribution in [1.82, 2.24) is 0 Å². The summed E-state index contributed by atoms with van der Waals surface area (Å²) in [6.45, 7) is 7.96. The maximum Gasteiger partial charge on any atom is 0.173 e. The Kier molecular flexibility index (Phi) is 2.43. The Bertz CT molecular complexity index is 208. The number of hydrogen-bond donors (Lipinski definition) is 1. The SMILES string of the molecule is CC(C)(C)S(=O)(=O)C(C)(C)N. The molecule has 0 radical (unpaired) electrons. The predicted molar refractivity (Wildman–Crippen MR) is 46.9 cm³/mol. The van der Waals surface area contributed by atoms with Gasteiger partial charge < -0.3 is 5.73 Å². The van der Waals surface area contributed by atoms with Gasteiger partial charge in [0, 0.05) is 0 Å². The van der Waals surface area contributed by atoms with Crippen LogP contribution in [0.3, 0.4) is 0 Å². The third-order valence-corrected chi connectivity index (χ3v) is 4.50. The zero-order valence-corrected chi connectivity index (χ0v) is 8.62. The highest BCUT2D eigenvalue weighted by Gasteiger charge is 2.40. The summed E-state index contributed by atoms with van der Waals surface area (Å²) >= 11 is 0. The highest BCUT2D eigenvalue weighted by atomic mass is 32.2. The van der Waals surface area contributed by atoms with E-state index >= 15 is 0 Å². The minimum Gasteiger partial charge on any atom is -0.313 e. The molecule has 4 heteroatoms. The largest absolute Gasteiger partial charge is 0.313 e. The molecule has 0 atom stereocenters. The molecule has 0 heterocycles. The van der Waals surface area contributed by atoms with Crippen molar-refractivity contribution in [2.75, 3.05) is 0 Å². The van der Waals surface area contributed by atoms with Gasteiger partial charge in [-0.2, -0.15) is 0 Å². The van der Waals surface area contributed by atoms with Crippen molar-refractivity contribution in [2.24, 2.45) is 5.73 Å². The lowest BCUT2D eigenvalue weighted by molar-refractivity contribution is 0.518. The summed E-state index contributed by atoms with van der Waals surface area (Å²) in [5.41, 5.74) is 5.51. The average molecular weight is 179 g/mol. The van der Waals surface area contributed by atoms with Crippen molar-refractivity contribution in [1.29, 1.82) is 0 Å². The molecule has 0 bridgehead atoms. The van der Waals surface area contributed by atoms with Crippen LogP contribution in [0, 0.1) is 0 Å². The molecule has 0 amide bonds. The number of hydrogen-bond acceptors (Lipinski definition) is 3. The highest BCUT2D eigenvalue weighted by molar-refractivity contribution is 7.94. The van der Waals surface area contributed by atoms with Gasteiger partial charge in [-0.3, -0.25) is 0 Å². The molecule has 0 fully saturated rings. The van der Waals surface area contributed by atoms with Crippen LogP contribution in [0.1, 0.15) is 34.6 Å². The first-order chi connectivity index (χ1) is 4.50. The lowest BCUT2D eigenvalue weighted by Crippen LogP contribution is -2.50. The normalized spacial score (nSPS) is 15.1. The molecular formula is C7H17NO2S. The van der Waals surface area contributed by atoms with E-state index < -0.39 is 19.5 Å². The Morgan fingerprint density at radius 2 is 1.27 bits per heavy atom. The molecule has 0 aromatic rings. The van der Waals surface area contributed by atoms with Crippen LogP contribution in [0.15, 0.2) is 0 Å². The molecule has 0 aliphatic rings.